The van der Waals surface area contributed by atoms with Crippen LogP contribution in [-0.2, 0) is 11.3 Å². The first-order chi connectivity index (χ1) is 13.3. The number of nitro groups is 1. The fourth-order valence-corrected chi connectivity index (χ4v) is 3.29. The number of nitro benzene ring substituents is 1. The Kier molecular flexibility index (Phi) is 5.89. The molecule has 1 heterocycles. The molecule has 1 atom stereocenters. The average Bonchev–Trinajstić information content (AvgIpc) is 3.01. The van der Waals surface area contributed by atoms with E-state index in [1.165, 1.54) is 24.3 Å². The van der Waals surface area contributed by atoms with Gasteiger partial charge in [-0.1, -0.05) is 23.7 Å². The first kappa shape index (κ1) is 19.8. The molecule has 28 heavy (non-hydrogen) atoms. The second-order valence-corrected chi connectivity index (χ2v) is 7.01. The molecule has 7 nitrogen and oxygen atoms in total. The number of non-ortho nitro benzene ring substituents is 1. The van der Waals surface area contributed by atoms with Crippen LogP contribution in [0.15, 0.2) is 42.5 Å². The quantitative estimate of drug-likeness (QED) is 0.590. The van der Waals surface area contributed by atoms with Gasteiger partial charge in [-0.25, -0.2) is 4.39 Å². The number of carbonyl (C=O) groups is 2. The van der Waals surface area contributed by atoms with E-state index in [0.29, 0.717) is 13.1 Å². The molecule has 1 fully saturated rings. The highest BCUT2D eigenvalue weighted by Crippen LogP contribution is 2.23. The molecule has 0 aromatic heterocycles. The van der Waals surface area contributed by atoms with Crippen LogP contribution in [0.2, 0.25) is 5.02 Å². The summed E-state index contributed by atoms with van der Waals surface area (Å²) in [6.45, 7) is 1.07. The zero-order valence-corrected chi connectivity index (χ0v) is 15.5. The lowest BCUT2D eigenvalue weighted by molar-refractivity contribution is -0.384. The number of halogens is 2. The van der Waals surface area contributed by atoms with Crippen molar-refractivity contribution in [2.45, 2.75) is 13.0 Å². The topological polar surface area (TPSA) is 92.6 Å². The summed E-state index contributed by atoms with van der Waals surface area (Å²) < 4.78 is 13.0. The van der Waals surface area contributed by atoms with Crippen molar-refractivity contribution >= 4 is 29.1 Å². The molecule has 2 amide bonds. The van der Waals surface area contributed by atoms with E-state index in [2.05, 4.69) is 5.32 Å². The minimum Gasteiger partial charge on any atom is -0.352 e. The van der Waals surface area contributed by atoms with Gasteiger partial charge >= 0.3 is 0 Å². The summed E-state index contributed by atoms with van der Waals surface area (Å²) in [6.07, 6.45) is 0.282. The molecule has 1 aliphatic heterocycles. The van der Waals surface area contributed by atoms with Crippen molar-refractivity contribution in [1.29, 1.82) is 0 Å². The molecule has 0 bridgehead atoms. The number of rotatable bonds is 6. The summed E-state index contributed by atoms with van der Waals surface area (Å²) in [6, 6.07) is 9.59. The maximum absolute atomic E-state index is 13.0. The second-order valence-electron chi connectivity index (χ2n) is 6.60. The highest BCUT2D eigenvalue weighted by molar-refractivity contribution is 6.33. The van der Waals surface area contributed by atoms with Crippen LogP contribution in [-0.4, -0.2) is 34.7 Å². The van der Waals surface area contributed by atoms with Crippen molar-refractivity contribution < 1.29 is 18.9 Å². The lowest BCUT2D eigenvalue weighted by atomic mass is 10.1. The predicted octanol–water partition coefficient (Wildman–Crippen LogP) is 3.17. The summed E-state index contributed by atoms with van der Waals surface area (Å²) >= 11 is 5.97. The van der Waals surface area contributed by atoms with Crippen molar-refractivity contribution in [2.24, 2.45) is 5.92 Å². The van der Waals surface area contributed by atoms with Gasteiger partial charge in [-0.15, -0.1) is 0 Å². The summed E-state index contributed by atoms with van der Waals surface area (Å²) in [4.78, 5) is 36.4. The van der Waals surface area contributed by atoms with Gasteiger partial charge in [0, 0.05) is 44.1 Å². The monoisotopic (exact) mass is 405 g/mol. The first-order valence-corrected chi connectivity index (χ1v) is 8.95. The Hall–Kier alpha value is -3.00. The van der Waals surface area contributed by atoms with Gasteiger partial charge in [-0.05, 0) is 23.8 Å². The Morgan fingerprint density at radius 3 is 2.68 bits per heavy atom. The van der Waals surface area contributed by atoms with E-state index >= 15 is 0 Å². The van der Waals surface area contributed by atoms with Crippen molar-refractivity contribution in [3.8, 4) is 0 Å². The van der Waals surface area contributed by atoms with E-state index in [1.54, 1.807) is 17.0 Å². The highest BCUT2D eigenvalue weighted by Gasteiger charge is 2.30. The summed E-state index contributed by atoms with van der Waals surface area (Å²) in [7, 11) is 0. The second kappa shape index (κ2) is 8.35. The molecule has 1 unspecified atom stereocenters. The molecule has 146 valence electrons. The first-order valence-electron chi connectivity index (χ1n) is 8.58. The van der Waals surface area contributed by atoms with Crippen molar-refractivity contribution in [1.82, 2.24) is 10.2 Å². The number of amides is 2. The lowest BCUT2D eigenvalue weighted by Crippen LogP contribution is -2.31. The fourth-order valence-electron chi connectivity index (χ4n) is 3.09. The summed E-state index contributed by atoms with van der Waals surface area (Å²) in [5, 5.41) is 13.7. The number of carbonyl (C=O) groups excluding carboxylic acids is 2. The molecule has 0 spiro atoms. The number of likely N-dealkylation sites (tertiary alicyclic amines) is 1. The van der Waals surface area contributed by atoms with Crippen LogP contribution in [0, 0.1) is 21.8 Å². The maximum Gasteiger partial charge on any atom is 0.270 e. The van der Waals surface area contributed by atoms with E-state index in [1.807, 2.05) is 0 Å². The Morgan fingerprint density at radius 1 is 1.29 bits per heavy atom. The molecule has 3 rings (SSSR count). The minimum atomic E-state index is -0.601. The normalized spacial score (nSPS) is 16.3. The Balaban J connectivity index is 1.57. The Bertz CT molecular complexity index is 920. The molecular formula is C19H17ClFN3O4. The zero-order chi connectivity index (χ0) is 20.3. The molecular weight excluding hydrogens is 389 g/mol. The van der Waals surface area contributed by atoms with Crippen molar-refractivity contribution in [2.75, 3.05) is 13.1 Å². The van der Waals surface area contributed by atoms with Crippen LogP contribution < -0.4 is 5.32 Å². The van der Waals surface area contributed by atoms with Gasteiger partial charge in [0.05, 0.1) is 15.5 Å². The number of hydrogen-bond acceptors (Lipinski definition) is 4. The largest absolute Gasteiger partial charge is 0.352 e. The molecule has 2 aromatic carbocycles. The van der Waals surface area contributed by atoms with Gasteiger partial charge in [0.15, 0.2) is 0 Å². The molecule has 0 aliphatic carbocycles. The molecule has 0 saturated carbocycles. The number of nitrogens with one attached hydrogen (secondary N) is 1. The van der Waals surface area contributed by atoms with Crippen molar-refractivity contribution in [3.05, 3.63) is 74.5 Å². The van der Waals surface area contributed by atoms with E-state index in [-0.39, 0.29) is 46.9 Å². The molecule has 1 saturated heterocycles. The van der Waals surface area contributed by atoms with Gasteiger partial charge in [-0.2, -0.15) is 0 Å². The van der Waals surface area contributed by atoms with E-state index < -0.39 is 10.8 Å². The molecule has 1 aliphatic rings. The maximum atomic E-state index is 13.0. The van der Waals surface area contributed by atoms with Crippen molar-refractivity contribution in [3.63, 3.8) is 0 Å². The molecule has 9 heteroatoms. The fraction of sp³-hybridized carbons (Fsp3) is 0.263. The standard InChI is InChI=1S/C19H17ClFN3O4/c20-17-6-5-15(24(27)28)8-16(17)19(26)22-9-13-7-18(25)23(11-13)10-12-1-3-14(21)4-2-12/h1-6,8,13H,7,9-11H2,(H,22,26). The third-order valence-corrected chi connectivity index (χ3v) is 4.87. The van der Waals surface area contributed by atoms with Crippen LogP contribution in [0.1, 0.15) is 22.3 Å². The highest BCUT2D eigenvalue weighted by atomic mass is 35.5. The number of benzene rings is 2. The summed E-state index contributed by atoms with van der Waals surface area (Å²) in [5.74, 6) is -0.999. The van der Waals surface area contributed by atoms with E-state index in [4.69, 9.17) is 11.6 Å². The van der Waals surface area contributed by atoms with Gasteiger partial charge in [0.2, 0.25) is 5.91 Å². The predicted molar refractivity (Wildman–Crippen MR) is 100 cm³/mol. The van der Waals surface area contributed by atoms with Crippen LogP contribution in [0.4, 0.5) is 10.1 Å². The van der Waals surface area contributed by atoms with E-state index in [0.717, 1.165) is 11.6 Å². The van der Waals surface area contributed by atoms with Gasteiger partial charge in [-0.3, -0.25) is 19.7 Å². The molecule has 2 aromatic rings. The van der Waals surface area contributed by atoms with E-state index in [9.17, 15) is 24.1 Å². The van der Waals surface area contributed by atoms with Gasteiger partial charge in [0.1, 0.15) is 5.82 Å². The number of hydrogen-bond donors (Lipinski definition) is 1. The molecule has 0 radical (unpaired) electrons. The minimum absolute atomic E-state index is 0.0170. The average molecular weight is 406 g/mol. The summed E-state index contributed by atoms with van der Waals surface area (Å²) in [5.41, 5.74) is 0.613. The SMILES string of the molecule is O=C(NCC1CC(=O)N(Cc2ccc(F)cc2)C1)c1cc([N+](=O)[O-])ccc1Cl. The lowest BCUT2D eigenvalue weighted by Gasteiger charge is -2.17. The van der Waals surface area contributed by atoms with Crippen LogP contribution in [0.3, 0.4) is 0 Å². The van der Waals surface area contributed by atoms with Crippen LogP contribution in [0.5, 0.6) is 0 Å². The van der Waals surface area contributed by atoms with Crippen LogP contribution in [0.25, 0.3) is 0 Å². The third-order valence-electron chi connectivity index (χ3n) is 4.54. The zero-order valence-electron chi connectivity index (χ0n) is 14.7. The van der Waals surface area contributed by atoms with Gasteiger partial charge in [0.25, 0.3) is 11.6 Å². The number of nitrogens with zero attached hydrogens (tertiary/aromatic N) is 2. The molecule has 1 N–H and O–H groups in total. The smallest absolute Gasteiger partial charge is 0.270 e. The Labute approximate surface area is 165 Å². The van der Waals surface area contributed by atoms with Crippen LogP contribution >= 0.6 is 11.6 Å². The Morgan fingerprint density at radius 2 is 2.00 bits per heavy atom. The van der Waals surface area contributed by atoms with Gasteiger partial charge < -0.3 is 10.2 Å². The third kappa shape index (κ3) is 4.64.